The van der Waals surface area contributed by atoms with E-state index in [1.165, 1.54) is 23.5 Å². The number of halogens is 2. The van der Waals surface area contributed by atoms with E-state index in [4.69, 9.17) is 5.84 Å². The van der Waals surface area contributed by atoms with Crippen LogP contribution in [0.1, 0.15) is 29.4 Å². The van der Waals surface area contributed by atoms with Crippen LogP contribution in [0.2, 0.25) is 0 Å². The Morgan fingerprint density at radius 1 is 1.27 bits per heavy atom. The van der Waals surface area contributed by atoms with Gasteiger partial charge in [-0.15, -0.1) is 0 Å². The predicted octanol–water partition coefficient (Wildman–Crippen LogP) is 3.37. The molecule has 1 amide bonds. The molecule has 0 radical (unpaired) electrons. The summed E-state index contributed by atoms with van der Waals surface area (Å²) < 4.78 is 27.5. The zero-order valence-electron chi connectivity index (χ0n) is 16.9. The van der Waals surface area contributed by atoms with E-state index >= 15 is 0 Å². The number of amides is 1. The highest BCUT2D eigenvalue weighted by atomic mass is 19.1. The van der Waals surface area contributed by atoms with Gasteiger partial charge >= 0.3 is 0 Å². The summed E-state index contributed by atoms with van der Waals surface area (Å²) in [6.07, 6.45) is 3.63. The third kappa shape index (κ3) is 4.43. The zero-order chi connectivity index (χ0) is 21.8. The molecule has 0 saturated heterocycles. The van der Waals surface area contributed by atoms with E-state index in [-0.39, 0.29) is 5.82 Å². The van der Waals surface area contributed by atoms with Crippen molar-refractivity contribution >= 4 is 23.3 Å². The standard InChI is InChI=1S/C20H22F2N7O/c1-12-7-8-29(20(24-2)28(3)23)11-13(12)16-9-26-17(10-25-16)27-19(30)18-14(21)5-4-6-15(18)22/h4-6,9-10,23H,7-8,11H2,1-3H3,(H,26,27,30)/q-1. The van der Waals surface area contributed by atoms with Crippen LogP contribution < -0.4 is 5.32 Å². The zero-order valence-corrected chi connectivity index (χ0v) is 16.9. The molecule has 1 aliphatic heterocycles. The fourth-order valence-corrected chi connectivity index (χ4v) is 3.27. The second-order valence-corrected chi connectivity index (χ2v) is 6.85. The Morgan fingerprint density at radius 2 is 1.97 bits per heavy atom. The molecule has 1 aliphatic rings. The van der Waals surface area contributed by atoms with Gasteiger partial charge in [0.15, 0.2) is 11.8 Å². The van der Waals surface area contributed by atoms with Crippen molar-refractivity contribution in [1.29, 1.82) is 0 Å². The van der Waals surface area contributed by atoms with Gasteiger partial charge < -0.3 is 21.1 Å². The molecule has 8 nitrogen and oxygen atoms in total. The molecule has 10 heteroatoms. The predicted molar refractivity (Wildman–Crippen MR) is 111 cm³/mol. The van der Waals surface area contributed by atoms with Crippen LogP contribution in [0.5, 0.6) is 0 Å². The highest BCUT2D eigenvalue weighted by molar-refractivity contribution is 6.04. The normalized spacial score (nSPS) is 14.7. The number of nitrogens with zero attached hydrogens (tertiary/aromatic N) is 5. The number of anilines is 1. The van der Waals surface area contributed by atoms with Gasteiger partial charge in [0.2, 0.25) is 0 Å². The van der Waals surface area contributed by atoms with Gasteiger partial charge in [0.05, 0.1) is 18.1 Å². The molecule has 30 heavy (non-hydrogen) atoms. The first-order valence-corrected chi connectivity index (χ1v) is 9.25. The maximum atomic E-state index is 13.8. The van der Waals surface area contributed by atoms with Crippen molar-refractivity contribution < 1.29 is 13.6 Å². The molecule has 0 saturated carbocycles. The molecule has 0 aliphatic carbocycles. The van der Waals surface area contributed by atoms with E-state index in [0.717, 1.165) is 36.2 Å². The number of carbonyl (C=O) groups excluding carboxylic acids is 1. The lowest BCUT2D eigenvalue weighted by Crippen LogP contribution is -2.42. The van der Waals surface area contributed by atoms with Crippen molar-refractivity contribution in [2.24, 2.45) is 4.99 Å². The maximum absolute atomic E-state index is 13.8. The second-order valence-electron chi connectivity index (χ2n) is 6.85. The average molecular weight is 414 g/mol. The van der Waals surface area contributed by atoms with Crippen LogP contribution in [0.25, 0.3) is 11.4 Å². The number of hydrogen-bond donors (Lipinski definition) is 1. The fraction of sp³-hybridized carbons (Fsp3) is 0.300. The first-order valence-electron chi connectivity index (χ1n) is 9.25. The van der Waals surface area contributed by atoms with Crippen molar-refractivity contribution in [3.63, 3.8) is 0 Å². The van der Waals surface area contributed by atoms with E-state index < -0.39 is 23.1 Å². The van der Waals surface area contributed by atoms with E-state index in [1.54, 1.807) is 14.1 Å². The van der Waals surface area contributed by atoms with Crippen molar-refractivity contribution in [2.75, 3.05) is 32.5 Å². The Kier molecular flexibility index (Phi) is 6.36. The van der Waals surface area contributed by atoms with Gasteiger partial charge in [-0.2, -0.15) is 0 Å². The number of hydrogen-bond acceptors (Lipinski definition) is 4. The number of aliphatic imine (C=N–C) groups is 1. The van der Waals surface area contributed by atoms with Crippen molar-refractivity contribution in [3.05, 3.63) is 64.9 Å². The Hall–Kier alpha value is -3.40. The van der Waals surface area contributed by atoms with Gasteiger partial charge in [-0.3, -0.25) is 14.8 Å². The SMILES string of the molecule is CN=C(N(C)[NH-])N1CCC(C)=C(c2cnc(NC(=O)c3c(F)cccc3F)cn2)C1. The highest BCUT2D eigenvalue weighted by Crippen LogP contribution is 2.26. The molecule has 0 bridgehead atoms. The smallest absolute Gasteiger partial charge is 0.262 e. The van der Waals surface area contributed by atoms with Crippen molar-refractivity contribution in [1.82, 2.24) is 19.9 Å². The third-order valence-electron chi connectivity index (χ3n) is 4.80. The minimum Gasteiger partial charge on any atom is -0.581 e. The summed E-state index contributed by atoms with van der Waals surface area (Å²) in [4.78, 5) is 26.9. The topological polar surface area (TPSA) is 97.5 Å². The second kappa shape index (κ2) is 8.95. The molecule has 2 aromatic rings. The number of guanidine groups is 1. The van der Waals surface area contributed by atoms with Crippen LogP contribution >= 0.6 is 0 Å². The summed E-state index contributed by atoms with van der Waals surface area (Å²) in [7, 11) is 3.25. The van der Waals surface area contributed by atoms with Crippen molar-refractivity contribution in [2.45, 2.75) is 13.3 Å². The molecule has 2 heterocycles. The lowest BCUT2D eigenvalue weighted by molar-refractivity contribution is 0.101. The Labute approximate surface area is 173 Å². The molecule has 1 aromatic carbocycles. The first kappa shape index (κ1) is 21.3. The molecule has 0 spiro atoms. The van der Waals surface area contributed by atoms with Crippen LogP contribution in [-0.4, -0.2) is 58.9 Å². The highest BCUT2D eigenvalue weighted by Gasteiger charge is 2.22. The quantitative estimate of drug-likeness (QED) is 0.472. The lowest BCUT2D eigenvalue weighted by atomic mass is 9.99. The van der Waals surface area contributed by atoms with E-state index in [2.05, 4.69) is 20.3 Å². The van der Waals surface area contributed by atoms with Gasteiger partial charge in [-0.1, -0.05) is 11.6 Å². The molecular formula is C20H22F2N7O-. The minimum atomic E-state index is -0.951. The molecule has 2 N–H and O–H groups in total. The van der Waals surface area contributed by atoms with Crippen LogP contribution in [-0.2, 0) is 0 Å². The molecule has 1 aromatic heterocycles. The summed E-state index contributed by atoms with van der Waals surface area (Å²) >= 11 is 0. The van der Waals surface area contributed by atoms with Gasteiger partial charge in [0, 0.05) is 20.1 Å². The molecule has 3 rings (SSSR count). The molecule has 158 valence electrons. The maximum Gasteiger partial charge on any atom is 0.262 e. The van der Waals surface area contributed by atoms with E-state index in [0.29, 0.717) is 18.2 Å². The van der Waals surface area contributed by atoms with E-state index in [1.807, 2.05) is 11.8 Å². The molecule has 0 atom stereocenters. The number of rotatable bonds is 3. The number of benzene rings is 1. The monoisotopic (exact) mass is 414 g/mol. The largest absolute Gasteiger partial charge is 0.581 e. The van der Waals surface area contributed by atoms with Crippen LogP contribution in [0.4, 0.5) is 14.6 Å². The summed E-state index contributed by atoms with van der Waals surface area (Å²) in [5, 5.41) is 3.58. The number of carbonyl (C=O) groups is 1. The van der Waals surface area contributed by atoms with Gasteiger partial charge in [-0.25, -0.2) is 13.8 Å². The van der Waals surface area contributed by atoms with Crippen LogP contribution in [0, 0.1) is 11.6 Å². The number of aromatic nitrogens is 2. The van der Waals surface area contributed by atoms with Crippen molar-refractivity contribution in [3.8, 4) is 0 Å². The average Bonchev–Trinajstić information content (AvgIpc) is 2.70. The lowest BCUT2D eigenvalue weighted by Gasteiger charge is -2.38. The Bertz CT molecular complexity index is 982. The van der Waals surface area contributed by atoms with E-state index in [9.17, 15) is 13.6 Å². The summed E-state index contributed by atoms with van der Waals surface area (Å²) in [5.41, 5.74) is 2.05. The van der Waals surface area contributed by atoms with Crippen LogP contribution in [0.15, 0.2) is 41.2 Å². The number of nitrogens with one attached hydrogen (secondary N) is 2. The summed E-state index contributed by atoms with van der Waals surface area (Å²) in [6.45, 7) is 3.27. The first-order chi connectivity index (χ1) is 14.3. The molecule has 0 fully saturated rings. The summed E-state index contributed by atoms with van der Waals surface area (Å²) in [5.74, 6) is 5.60. The summed E-state index contributed by atoms with van der Waals surface area (Å²) in [6, 6.07) is 3.21. The Balaban J connectivity index is 1.77. The van der Waals surface area contributed by atoms with Crippen LogP contribution in [0.3, 0.4) is 0 Å². The molecule has 0 unspecified atom stereocenters. The van der Waals surface area contributed by atoms with Gasteiger partial charge in [0.1, 0.15) is 17.2 Å². The van der Waals surface area contributed by atoms with Gasteiger partial charge in [-0.05, 0) is 38.1 Å². The Morgan fingerprint density at radius 3 is 2.53 bits per heavy atom. The van der Waals surface area contributed by atoms with Gasteiger partial charge in [0.25, 0.3) is 5.91 Å². The minimum absolute atomic E-state index is 0.0824. The molecular weight excluding hydrogens is 392 g/mol. The fourth-order valence-electron chi connectivity index (χ4n) is 3.27. The third-order valence-corrected chi connectivity index (χ3v) is 4.80.